The van der Waals surface area contributed by atoms with Crippen molar-refractivity contribution in [2.24, 2.45) is 0 Å². The average molecular weight is 185 g/mol. The van der Waals surface area contributed by atoms with Gasteiger partial charge in [0.25, 0.3) is 0 Å². The van der Waals surface area contributed by atoms with Crippen molar-refractivity contribution >= 4 is 5.97 Å². The number of aliphatic carboxylic acids is 1. The summed E-state index contributed by atoms with van der Waals surface area (Å²) in [4.78, 5) is 14.3. The fraction of sp³-hybridized carbons (Fsp3) is 0.571. The maximum absolute atomic E-state index is 10.6. The molecule has 1 unspecified atom stereocenters. The molecular formula is C7H11N3O3. The van der Waals surface area contributed by atoms with Crippen LogP contribution in [0.1, 0.15) is 6.92 Å². The quantitative estimate of drug-likeness (QED) is 0.685. The van der Waals surface area contributed by atoms with E-state index in [0.29, 0.717) is 6.61 Å². The number of nitrogens with zero attached hydrogens (tertiary/aromatic N) is 3. The lowest BCUT2D eigenvalue weighted by molar-refractivity contribution is -0.151. The number of hydrogen-bond acceptors (Lipinski definition) is 4. The maximum atomic E-state index is 10.6. The smallest absolute Gasteiger partial charge is 0.334 e. The highest BCUT2D eigenvalue weighted by molar-refractivity contribution is 5.72. The molecular weight excluding hydrogens is 174 g/mol. The lowest BCUT2D eigenvalue weighted by Gasteiger charge is -2.11. The van der Waals surface area contributed by atoms with E-state index < -0.39 is 12.1 Å². The first-order valence-electron chi connectivity index (χ1n) is 3.91. The zero-order chi connectivity index (χ0) is 9.68. The molecule has 0 bridgehead atoms. The summed E-state index contributed by atoms with van der Waals surface area (Å²) >= 11 is 0. The molecule has 1 aromatic heterocycles. The zero-order valence-corrected chi connectivity index (χ0v) is 7.25. The van der Waals surface area contributed by atoms with Crippen molar-refractivity contribution in [3.05, 3.63) is 12.7 Å². The molecule has 72 valence electrons. The van der Waals surface area contributed by atoms with E-state index in [1.54, 1.807) is 6.92 Å². The standard InChI is InChI=1S/C7H11N3O3/c1-2-13-6(7(11)12)3-10-5-8-4-9-10/h4-6H,2-3H2,1H3,(H,11,12). The highest BCUT2D eigenvalue weighted by Gasteiger charge is 2.17. The van der Waals surface area contributed by atoms with Gasteiger partial charge in [-0.2, -0.15) is 5.10 Å². The molecule has 0 saturated carbocycles. The number of aromatic nitrogens is 3. The van der Waals surface area contributed by atoms with Gasteiger partial charge in [0.15, 0.2) is 6.10 Å². The van der Waals surface area contributed by atoms with E-state index >= 15 is 0 Å². The highest BCUT2D eigenvalue weighted by atomic mass is 16.5. The normalized spacial score (nSPS) is 12.7. The SMILES string of the molecule is CCOC(Cn1cncn1)C(=O)O. The molecule has 0 aliphatic heterocycles. The molecule has 6 heteroatoms. The summed E-state index contributed by atoms with van der Waals surface area (Å²) in [5.41, 5.74) is 0. The molecule has 1 rings (SSSR count). The lowest BCUT2D eigenvalue weighted by atomic mass is 10.3. The van der Waals surface area contributed by atoms with Crippen molar-refractivity contribution < 1.29 is 14.6 Å². The third-order valence-corrected chi connectivity index (χ3v) is 1.46. The van der Waals surface area contributed by atoms with Gasteiger partial charge in [-0.1, -0.05) is 0 Å². The van der Waals surface area contributed by atoms with Crippen molar-refractivity contribution in [2.75, 3.05) is 6.61 Å². The van der Waals surface area contributed by atoms with Crippen LogP contribution in [0.4, 0.5) is 0 Å². The Morgan fingerprint density at radius 1 is 1.77 bits per heavy atom. The predicted octanol–water partition coefficient (Wildman–Crippen LogP) is -0.232. The molecule has 1 aromatic rings. The van der Waals surface area contributed by atoms with Crippen LogP contribution in [0.25, 0.3) is 0 Å². The van der Waals surface area contributed by atoms with Crippen molar-refractivity contribution in [3.8, 4) is 0 Å². The molecule has 0 spiro atoms. The molecule has 1 heterocycles. The van der Waals surface area contributed by atoms with Crippen LogP contribution in [0, 0.1) is 0 Å². The van der Waals surface area contributed by atoms with Gasteiger partial charge in [0.1, 0.15) is 12.7 Å². The Labute approximate surface area is 75.2 Å². The molecule has 6 nitrogen and oxygen atoms in total. The Balaban J connectivity index is 2.52. The minimum Gasteiger partial charge on any atom is -0.479 e. The molecule has 13 heavy (non-hydrogen) atoms. The third kappa shape index (κ3) is 2.83. The van der Waals surface area contributed by atoms with Crippen LogP contribution in [-0.4, -0.2) is 38.6 Å². The van der Waals surface area contributed by atoms with Crippen LogP contribution in [0.2, 0.25) is 0 Å². The van der Waals surface area contributed by atoms with Crippen LogP contribution in [-0.2, 0) is 16.1 Å². The van der Waals surface area contributed by atoms with Gasteiger partial charge in [-0.15, -0.1) is 0 Å². The number of carboxylic acid groups (broad SMARTS) is 1. The van der Waals surface area contributed by atoms with Crippen LogP contribution in [0.5, 0.6) is 0 Å². The highest BCUT2D eigenvalue weighted by Crippen LogP contribution is 1.96. The summed E-state index contributed by atoms with van der Waals surface area (Å²) in [6.07, 6.45) is 1.95. The topological polar surface area (TPSA) is 77.2 Å². The van der Waals surface area contributed by atoms with E-state index in [4.69, 9.17) is 9.84 Å². The van der Waals surface area contributed by atoms with Gasteiger partial charge in [-0.3, -0.25) is 0 Å². The molecule has 0 radical (unpaired) electrons. The second-order valence-corrected chi connectivity index (χ2v) is 2.40. The monoisotopic (exact) mass is 185 g/mol. The van der Waals surface area contributed by atoms with Crippen LogP contribution < -0.4 is 0 Å². The van der Waals surface area contributed by atoms with E-state index in [0.717, 1.165) is 0 Å². The molecule has 0 saturated heterocycles. The first kappa shape index (κ1) is 9.66. The van der Waals surface area contributed by atoms with E-state index in [1.165, 1.54) is 17.3 Å². The van der Waals surface area contributed by atoms with Gasteiger partial charge in [0.05, 0.1) is 6.54 Å². The van der Waals surface area contributed by atoms with Gasteiger partial charge in [-0.05, 0) is 6.92 Å². The number of hydrogen-bond donors (Lipinski definition) is 1. The molecule has 0 fully saturated rings. The summed E-state index contributed by atoms with van der Waals surface area (Å²) in [5.74, 6) is -0.989. The summed E-state index contributed by atoms with van der Waals surface area (Å²) in [6, 6.07) is 0. The van der Waals surface area contributed by atoms with Gasteiger partial charge in [0, 0.05) is 6.61 Å². The Morgan fingerprint density at radius 2 is 2.54 bits per heavy atom. The van der Waals surface area contributed by atoms with E-state index in [-0.39, 0.29) is 6.54 Å². The second-order valence-electron chi connectivity index (χ2n) is 2.40. The third-order valence-electron chi connectivity index (χ3n) is 1.46. The largest absolute Gasteiger partial charge is 0.479 e. The van der Waals surface area contributed by atoms with E-state index in [9.17, 15) is 4.79 Å². The number of carboxylic acids is 1. The lowest BCUT2D eigenvalue weighted by Crippen LogP contribution is -2.29. The molecule has 0 aliphatic rings. The second kappa shape index (κ2) is 4.56. The van der Waals surface area contributed by atoms with Crippen molar-refractivity contribution in [1.82, 2.24) is 14.8 Å². The van der Waals surface area contributed by atoms with Gasteiger partial charge in [0.2, 0.25) is 0 Å². The van der Waals surface area contributed by atoms with Crippen molar-refractivity contribution in [1.29, 1.82) is 0 Å². The van der Waals surface area contributed by atoms with E-state index in [1.807, 2.05) is 0 Å². The molecule has 1 atom stereocenters. The van der Waals surface area contributed by atoms with Crippen molar-refractivity contribution in [2.45, 2.75) is 19.6 Å². The molecule has 0 amide bonds. The van der Waals surface area contributed by atoms with Gasteiger partial charge >= 0.3 is 5.97 Å². The van der Waals surface area contributed by atoms with E-state index in [2.05, 4.69) is 10.1 Å². The fourth-order valence-corrected chi connectivity index (χ4v) is 0.900. The molecule has 0 aliphatic carbocycles. The Bertz CT molecular complexity index is 260. The minimum absolute atomic E-state index is 0.184. The maximum Gasteiger partial charge on any atom is 0.334 e. The Kier molecular flexibility index (Phi) is 3.39. The Morgan fingerprint density at radius 3 is 3.00 bits per heavy atom. The zero-order valence-electron chi connectivity index (χ0n) is 7.25. The predicted molar refractivity (Wildman–Crippen MR) is 43.1 cm³/mol. The van der Waals surface area contributed by atoms with Crippen LogP contribution >= 0.6 is 0 Å². The van der Waals surface area contributed by atoms with Gasteiger partial charge in [-0.25, -0.2) is 14.5 Å². The Hall–Kier alpha value is -1.43. The first-order chi connectivity index (χ1) is 6.24. The number of rotatable bonds is 5. The van der Waals surface area contributed by atoms with Crippen LogP contribution in [0.3, 0.4) is 0 Å². The summed E-state index contributed by atoms with van der Waals surface area (Å²) < 4.78 is 6.41. The number of ether oxygens (including phenoxy) is 1. The summed E-state index contributed by atoms with van der Waals surface area (Å²) in [5, 5.41) is 12.5. The van der Waals surface area contributed by atoms with Gasteiger partial charge < -0.3 is 9.84 Å². The summed E-state index contributed by atoms with van der Waals surface area (Å²) in [7, 11) is 0. The average Bonchev–Trinajstić information content (AvgIpc) is 2.56. The summed E-state index contributed by atoms with van der Waals surface area (Å²) in [6.45, 7) is 2.30. The number of carbonyl (C=O) groups is 1. The van der Waals surface area contributed by atoms with Crippen molar-refractivity contribution in [3.63, 3.8) is 0 Å². The fourth-order valence-electron chi connectivity index (χ4n) is 0.900. The first-order valence-corrected chi connectivity index (χ1v) is 3.91. The van der Waals surface area contributed by atoms with Crippen LogP contribution in [0.15, 0.2) is 12.7 Å². The molecule has 1 N–H and O–H groups in total. The molecule has 0 aromatic carbocycles. The minimum atomic E-state index is -0.989.